The Morgan fingerprint density at radius 3 is 2.18 bits per heavy atom. The number of hydrogen-bond acceptors (Lipinski definition) is 15. The fourth-order valence-electron chi connectivity index (χ4n) is 12.0. The third kappa shape index (κ3) is 18.2. The average Bonchev–Trinajstić information content (AvgIpc) is 3.40. The number of carboxylic acid groups (broad SMARTS) is 1. The molecular weight excluding hydrogens is 1000 g/mol. The van der Waals surface area contributed by atoms with E-state index in [1.165, 1.54) is 4.90 Å². The predicted molar refractivity (Wildman–Crippen MR) is 298 cm³/mol. The van der Waals surface area contributed by atoms with Gasteiger partial charge in [0.15, 0.2) is 8.32 Å². The maximum absolute atomic E-state index is 14.7. The van der Waals surface area contributed by atoms with Crippen molar-refractivity contribution in [1.82, 2.24) is 4.90 Å². The number of cyclic esters (lactones) is 1. The van der Waals surface area contributed by atoms with Gasteiger partial charge in [0, 0.05) is 58.5 Å². The van der Waals surface area contributed by atoms with Gasteiger partial charge in [0.1, 0.15) is 18.2 Å². The molecule has 0 spiro atoms. The zero-order chi connectivity index (χ0) is 57.2. The van der Waals surface area contributed by atoms with Crippen molar-refractivity contribution in [3.63, 3.8) is 0 Å². The smallest absolute Gasteiger partial charge is 0.344 e. The van der Waals surface area contributed by atoms with E-state index in [4.69, 9.17) is 32.9 Å². The topological polar surface area (TPSA) is 229 Å². The van der Waals surface area contributed by atoms with Gasteiger partial charge in [-0.3, -0.25) is 9.59 Å². The molecule has 16 atom stereocenters. The molecule has 438 valence electrons. The number of ether oxygens (including phenoxy) is 5. The first-order valence-electron chi connectivity index (χ1n) is 28.7. The second kappa shape index (κ2) is 31.4. The van der Waals surface area contributed by atoms with E-state index < -0.39 is 105 Å². The summed E-state index contributed by atoms with van der Waals surface area (Å²) in [6.45, 7) is 19.4. The van der Waals surface area contributed by atoms with E-state index in [-0.39, 0.29) is 49.2 Å². The van der Waals surface area contributed by atoms with E-state index in [9.17, 15) is 39.6 Å². The Balaban J connectivity index is 1.86. The minimum Gasteiger partial charge on any atom is -0.479 e. The number of piperidine rings is 1. The van der Waals surface area contributed by atoms with Gasteiger partial charge >= 0.3 is 11.9 Å². The summed E-state index contributed by atoms with van der Waals surface area (Å²) in [4.78, 5) is 62.1. The average molecular weight is 1100 g/mol. The maximum atomic E-state index is 14.7. The number of esters is 1. The van der Waals surface area contributed by atoms with Gasteiger partial charge in [0.25, 0.3) is 11.7 Å². The Morgan fingerprint density at radius 1 is 0.844 bits per heavy atom. The number of amides is 1. The Bertz CT molecular complexity index is 2050. The Hall–Kier alpha value is -3.59. The van der Waals surface area contributed by atoms with Crippen molar-refractivity contribution in [1.29, 1.82) is 0 Å². The van der Waals surface area contributed by atoms with Crippen LogP contribution in [0.25, 0.3) is 0 Å². The molecule has 18 heteroatoms. The highest BCUT2D eigenvalue weighted by Crippen LogP contribution is 2.39. The zero-order valence-electron chi connectivity index (χ0n) is 48.8. The first-order valence-corrected chi connectivity index (χ1v) is 31.2. The summed E-state index contributed by atoms with van der Waals surface area (Å²) < 4.78 is 38.0. The quantitative estimate of drug-likeness (QED) is 0.0419. The van der Waals surface area contributed by atoms with Crippen LogP contribution in [0.15, 0.2) is 52.8 Å². The number of ketones is 1. The molecule has 77 heavy (non-hydrogen) atoms. The number of carbonyl (C=O) groups is 4. The first kappa shape index (κ1) is 65.9. The molecule has 17 nitrogen and oxygen atoms in total. The van der Waals surface area contributed by atoms with Crippen molar-refractivity contribution in [3.8, 4) is 0 Å². The number of aliphatic hydroxyl groups is 3. The first-order chi connectivity index (χ1) is 36.5. The lowest BCUT2D eigenvalue weighted by molar-refractivity contribution is -0.265. The number of carboxylic acids is 1. The molecule has 0 aromatic heterocycles. The normalized spacial score (nSPS) is 37.6. The molecule has 2 saturated heterocycles. The molecule has 0 radical (unpaired) electrons. The van der Waals surface area contributed by atoms with Crippen molar-refractivity contribution in [2.75, 3.05) is 34.5 Å². The van der Waals surface area contributed by atoms with Crippen molar-refractivity contribution in [3.05, 3.63) is 47.6 Å². The van der Waals surface area contributed by atoms with E-state index in [2.05, 4.69) is 38.9 Å². The van der Waals surface area contributed by atoms with Gasteiger partial charge in [-0.25, -0.2) is 9.59 Å². The summed E-state index contributed by atoms with van der Waals surface area (Å²) in [6, 6.07) is 1.36. The molecule has 3 aliphatic heterocycles. The summed E-state index contributed by atoms with van der Waals surface area (Å²) in [7, 11) is 2.36. The minimum absolute atomic E-state index is 0.0294. The van der Waals surface area contributed by atoms with Crippen LogP contribution in [0.3, 0.4) is 0 Å². The van der Waals surface area contributed by atoms with Crippen LogP contribution >= 0.6 is 0 Å². The molecule has 0 unspecified atom stereocenters. The van der Waals surface area contributed by atoms with Gasteiger partial charge in [-0.15, -0.1) is 0 Å². The molecule has 2 bridgehead atoms. The number of rotatable bonds is 14. The van der Waals surface area contributed by atoms with Crippen LogP contribution in [-0.2, 0) is 52.1 Å². The molecule has 0 aromatic carbocycles. The number of nitrogens with zero attached hydrogens (tertiary/aromatic N) is 2. The third-order valence-corrected chi connectivity index (χ3v) is 22.0. The fourth-order valence-corrected chi connectivity index (χ4v) is 14.8. The van der Waals surface area contributed by atoms with Crippen molar-refractivity contribution >= 4 is 37.7 Å². The van der Waals surface area contributed by atoms with Crippen molar-refractivity contribution < 1.29 is 72.6 Å². The molecule has 1 saturated carbocycles. The summed E-state index contributed by atoms with van der Waals surface area (Å²) in [5, 5.41) is 49.2. The lowest BCUT2D eigenvalue weighted by Gasteiger charge is -2.43. The molecule has 0 aromatic rings. The van der Waals surface area contributed by atoms with E-state index in [1.807, 2.05) is 65.0 Å². The van der Waals surface area contributed by atoms with Crippen LogP contribution in [0.1, 0.15) is 146 Å². The number of oxime groups is 1. The Labute approximate surface area is 461 Å². The van der Waals surface area contributed by atoms with E-state index >= 15 is 0 Å². The molecule has 3 fully saturated rings. The number of fused-ring (bicyclic) bond motifs is 3. The number of aliphatic carboxylic acids is 1. The second-order valence-electron chi connectivity index (χ2n) is 22.9. The monoisotopic (exact) mass is 1100 g/mol. The van der Waals surface area contributed by atoms with Crippen LogP contribution in [0.4, 0.5) is 0 Å². The largest absolute Gasteiger partial charge is 0.479 e. The molecule has 3 heterocycles. The highest BCUT2D eigenvalue weighted by Gasteiger charge is 2.53. The molecule has 4 aliphatic rings. The van der Waals surface area contributed by atoms with E-state index in [1.54, 1.807) is 28.3 Å². The van der Waals surface area contributed by atoms with Gasteiger partial charge in [-0.05, 0) is 125 Å². The van der Waals surface area contributed by atoms with Gasteiger partial charge in [0.05, 0.1) is 42.3 Å². The SMILES string of the molecule is CC[Si](CC)(CC)O[C@@H]1/C(C)=C/[C@@H](C)[C@H](O)C[C@@H]([C@H](C)C[C@@H]2CC[C@@H](O)[C@H](OC)C2)OC(=O)[C@@H]2CCCCN2C(=O)C(=O)[C@]2(O)O[C@@H](CC[C@H]2C)C[C@H](OC)/C(C)=C/C=C/C=C/[C@@H](C)C[C@@H](C)C(=NOCC(=O)O)[C@@H]1OC. The molecule has 1 aliphatic carbocycles. The van der Waals surface area contributed by atoms with Crippen LogP contribution < -0.4 is 0 Å². The minimum atomic E-state index is -2.43. The van der Waals surface area contributed by atoms with Gasteiger partial charge < -0.3 is 58.3 Å². The number of aliphatic hydroxyl groups excluding tert-OH is 2. The highest BCUT2D eigenvalue weighted by atomic mass is 28.4. The van der Waals surface area contributed by atoms with E-state index in [0.29, 0.717) is 63.5 Å². The summed E-state index contributed by atoms with van der Waals surface area (Å²) in [6.07, 6.45) is 12.2. The van der Waals surface area contributed by atoms with Gasteiger partial charge in [-0.1, -0.05) is 97.0 Å². The van der Waals surface area contributed by atoms with Crippen LogP contribution in [-0.4, -0.2) is 158 Å². The molecular formula is C59H98N2O15Si. The fraction of sp³-hybridized carbons (Fsp3) is 0.780. The third-order valence-electron chi connectivity index (χ3n) is 17.3. The standard InChI is InChI=1S/C59H98N2O15Si/c1-14-77(15-2,16-3)76-54-42(9)31-39(6)48(63)35-50(40(7)32-44-26-28-47(62)51(33-44)71-12)74-58(68)46-24-20-21-29-61(46)57(67)56(66)59(69)43(10)25-27-45(75-59)34-49(70-11)38(5)23-19-17-18-22-37(4)30-41(8)53(55(54)72-13)60-73-36-52(64)65/h17-19,22-23,31,37,39-41,43-51,54-55,62-63,69H,14-16,20-21,24-30,32-36H2,1-13H3,(H,64,65)/b19-17+,22-18+,38-23+,42-31+,60-53?/t37-,39-,40-,41-,43-,44+,45+,46+,47-,48-,49+,50+,51-,54-,55+,59-/m1/s1. The predicted octanol–water partition coefficient (Wildman–Crippen LogP) is 8.89. The lowest BCUT2D eigenvalue weighted by Crippen LogP contribution is -2.61. The van der Waals surface area contributed by atoms with E-state index in [0.717, 1.165) is 35.7 Å². The molecule has 4 rings (SSSR count). The van der Waals surface area contributed by atoms with Gasteiger partial charge in [-0.2, -0.15) is 0 Å². The van der Waals surface area contributed by atoms with Crippen molar-refractivity contribution in [2.24, 2.45) is 40.7 Å². The molecule has 1 amide bonds. The van der Waals surface area contributed by atoms with Gasteiger partial charge in [0.2, 0.25) is 12.4 Å². The van der Waals surface area contributed by atoms with Crippen molar-refractivity contribution in [2.45, 2.75) is 225 Å². The number of allylic oxidation sites excluding steroid dienone is 5. The number of methoxy groups -OCH3 is 3. The number of Topliss-reactive ketones (excluding diaryl/α,β-unsaturated/α-hetero) is 1. The Morgan fingerprint density at radius 2 is 1.55 bits per heavy atom. The summed E-state index contributed by atoms with van der Waals surface area (Å²) in [5.41, 5.74) is 2.15. The lowest BCUT2D eigenvalue weighted by atomic mass is 9.78. The number of carbonyl (C=O) groups excluding carboxylic acids is 3. The maximum Gasteiger partial charge on any atom is 0.344 e. The van der Waals surface area contributed by atoms with Crippen LogP contribution in [0, 0.1) is 35.5 Å². The van der Waals surface area contributed by atoms with Crippen LogP contribution in [0.5, 0.6) is 0 Å². The second-order valence-corrected chi connectivity index (χ2v) is 27.6. The highest BCUT2D eigenvalue weighted by molar-refractivity contribution is 6.73. The number of hydrogen-bond donors (Lipinski definition) is 4. The zero-order valence-corrected chi connectivity index (χ0v) is 49.8. The Kier molecular flexibility index (Phi) is 26.9. The summed E-state index contributed by atoms with van der Waals surface area (Å²) in [5.74, 6) is -8.05. The van der Waals surface area contributed by atoms with Crippen LogP contribution in [0.2, 0.25) is 18.1 Å². The molecule has 4 N–H and O–H groups in total. The summed E-state index contributed by atoms with van der Waals surface area (Å²) >= 11 is 0.